The van der Waals surface area contributed by atoms with Crippen molar-refractivity contribution in [3.8, 4) is 5.75 Å². The van der Waals surface area contributed by atoms with E-state index in [-0.39, 0.29) is 12.0 Å². The first-order valence-corrected chi connectivity index (χ1v) is 6.01. The second kappa shape index (κ2) is 6.28. The molecule has 0 radical (unpaired) electrons. The zero-order valence-electron chi connectivity index (χ0n) is 11.6. The van der Waals surface area contributed by atoms with Crippen LogP contribution >= 0.6 is 0 Å². The molecule has 0 atom stereocenters. The number of hydrogen-bond acceptors (Lipinski definition) is 2. The highest BCUT2D eigenvalue weighted by atomic mass is 19.2. The van der Waals surface area contributed by atoms with Crippen LogP contribution in [-0.4, -0.2) is 12.6 Å². The summed E-state index contributed by atoms with van der Waals surface area (Å²) in [6.07, 6.45) is -0.776. The number of benzene rings is 1. The minimum absolute atomic E-state index is 0.113. The molecule has 0 heterocycles. The summed E-state index contributed by atoms with van der Waals surface area (Å²) in [7, 11) is 0. The lowest BCUT2D eigenvalue weighted by atomic mass is 9.92. The van der Waals surface area contributed by atoms with Crippen LogP contribution in [0.25, 0.3) is 0 Å². The molecule has 0 saturated heterocycles. The van der Waals surface area contributed by atoms with Crippen molar-refractivity contribution in [3.63, 3.8) is 0 Å². The molecule has 118 valence electrons. The van der Waals surface area contributed by atoms with E-state index in [2.05, 4.69) is 10.1 Å². The third-order valence-electron chi connectivity index (χ3n) is 2.51. The Labute approximate surface area is 118 Å². The lowest BCUT2D eigenvalue weighted by Crippen LogP contribution is -2.30. The smallest absolute Gasteiger partial charge is 0.404 e. The van der Waals surface area contributed by atoms with Gasteiger partial charge in [-0.1, -0.05) is 20.8 Å². The lowest BCUT2D eigenvalue weighted by molar-refractivity contribution is 0.191. The van der Waals surface area contributed by atoms with Crippen molar-refractivity contribution in [2.24, 2.45) is 5.41 Å². The molecular formula is C13H14F5NO2. The average Bonchev–Trinajstić information content (AvgIpc) is 2.38. The van der Waals surface area contributed by atoms with Crippen LogP contribution in [0.1, 0.15) is 27.2 Å². The SMILES string of the molecule is CC(C)(C)CCNC(=O)Oc1c(F)c(F)c(F)c(F)c1F. The Bertz CT molecular complexity index is 525. The summed E-state index contributed by atoms with van der Waals surface area (Å²) in [5.74, 6) is -12.7. The van der Waals surface area contributed by atoms with Crippen molar-refractivity contribution in [3.05, 3.63) is 29.1 Å². The number of amides is 1. The number of nitrogens with one attached hydrogen (secondary N) is 1. The van der Waals surface area contributed by atoms with Gasteiger partial charge in [-0.15, -0.1) is 0 Å². The summed E-state index contributed by atoms with van der Waals surface area (Å²) in [6, 6.07) is 0. The normalized spacial score (nSPS) is 11.4. The van der Waals surface area contributed by atoms with E-state index in [1.807, 2.05) is 20.8 Å². The van der Waals surface area contributed by atoms with E-state index in [4.69, 9.17) is 0 Å². The van der Waals surface area contributed by atoms with Gasteiger partial charge >= 0.3 is 6.09 Å². The Morgan fingerprint density at radius 2 is 1.38 bits per heavy atom. The molecule has 0 saturated carbocycles. The van der Waals surface area contributed by atoms with Gasteiger partial charge in [0.2, 0.25) is 34.8 Å². The molecule has 0 aliphatic rings. The molecule has 0 unspecified atom stereocenters. The molecule has 0 bridgehead atoms. The Kier molecular flexibility index (Phi) is 5.14. The van der Waals surface area contributed by atoms with Crippen molar-refractivity contribution >= 4 is 6.09 Å². The molecule has 0 aromatic heterocycles. The van der Waals surface area contributed by atoms with Crippen molar-refractivity contribution in [2.75, 3.05) is 6.54 Å². The van der Waals surface area contributed by atoms with Gasteiger partial charge in [-0.2, -0.15) is 8.78 Å². The summed E-state index contributed by atoms with van der Waals surface area (Å²) < 4.78 is 69.2. The summed E-state index contributed by atoms with van der Waals surface area (Å²) in [5, 5.41) is 2.16. The highest BCUT2D eigenvalue weighted by Crippen LogP contribution is 2.29. The average molecular weight is 311 g/mol. The minimum Gasteiger partial charge on any atom is -0.404 e. The number of carbonyl (C=O) groups excluding carboxylic acids is 1. The first-order chi connectivity index (χ1) is 9.54. The number of hydrogen-bond donors (Lipinski definition) is 1. The standard InChI is InChI=1S/C13H14F5NO2/c1-13(2,3)4-5-19-12(20)21-11-9(17)7(15)6(14)8(16)10(11)18/h4-5H2,1-3H3,(H,19,20). The molecule has 1 amide bonds. The van der Waals surface area contributed by atoms with E-state index in [9.17, 15) is 26.7 Å². The summed E-state index contributed by atoms with van der Waals surface area (Å²) in [5.41, 5.74) is -0.113. The van der Waals surface area contributed by atoms with E-state index in [1.54, 1.807) is 0 Å². The maximum Gasteiger partial charge on any atom is 0.412 e. The monoisotopic (exact) mass is 311 g/mol. The molecule has 1 aromatic rings. The third kappa shape index (κ3) is 4.30. The van der Waals surface area contributed by atoms with Crippen LogP contribution in [0.5, 0.6) is 5.75 Å². The molecule has 1 rings (SSSR count). The van der Waals surface area contributed by atoms with Gasteiger partial charge in [-0.3, -0.25) is 0 Å². The van der Waals surface area contributed by atoms with Crippen LogP contribution in [0, 0.1) is 34.5 Å². The lowest BCUT2D eigenvalue weighted by Gasteiger charge is -2.18. The molecule has 1 N–H and O–H groups in total. The fourth-order valence-corrected chi connectivity index (χ4v) is 1.34. The first-order valence-electron chi connectivity index (χ1n) is 6.01. The van der Waals surface area contributed by atoms with Crippen molar-refractivity contribution in [1.82, 2.24) is 5.32 Å². The molecule has 8 heteroatoms. The topological polar surface area (TPSA) is 38.3 Å². The highest BCUT2D eigenvalue weighted by Gasteiger charge is 2.28. The number of ether oxygens (including phenoxy) is 1. The van der Waals surface area contributed by atoms with Crippen molar-refractivity contribution in [1.29, 1.82) is 0 Å². The van der Waals surface area contributed by atoms with Crippen molar-refractivity contribution < 1.29 is 31.5 Å². The largest absolute Gasteiger partial charge is 0.412 e. The molecule has 3 nitrogen and oxygen atoms in total. The van der Waals surface area contributed by atoms with E-state index in [1.165, 1.54) is 0 Å². The molecule has 1 aromatic carbocycles. The molecule has 0 aliphatic carbocycles. The zero-order valence-corrected chi connectivity index (χ0v) is 11.6. The molecule has 0 aliphatic heterocycles. The van der Waals surface area contributed by atoms with Gasteiger partial charge < -0.3 is 10.1 Å². The zero-order chi connectivity index (χ0) is 16.4. The summed E-state index contributed by atoms with van der Waals surface area (Å²) in [6.45, 7) is 5.80. The quantitative estimate of drug-likeness (QED) is 0.522. The van der Waals surface area contributed by atoms with Crippen LogP contribution in [0.15, 0.2) is 0 Å². The van der Waals surface area contributed by atoms with E-state index in [0.717, 1.165) is 0 Å². The maximum absolute atomic E-state index is 13.2. The molecule has 0 fully saturated rings. The van der Waals surface area contributed by atoms with Gasteiger partial charge in [0.25, 0.3) is 0 Å². The van der Waals surface area contributed by atoms with Crippen LogP contribution in [0.4, 0.5) is 26.7 Å². The van der Waals surface area contributed by atoms with Gasteiger partial charge in [0.1, 0.15) is 0 Å². The predicted octanol–water partition coefficient (Wildman–Crippen LogP) is 3.91. The molecular weight excluding hydrogens is 297 g/mol. The van der Waals surface area contributed by atoms with Crippen LogP contribution in [-0.2, 0) is 0 Å². The number of carbonyl (C=O) groups is 1. The van der Waals surface area contributed by atoms with Gasteiger partial charge in [0, 0.05) is 6.54 Å². The van der Waals surface area contributed by atoms with Gasteiger partial charge in [0.05, 0.1) is 0 Å². The van der Waals surface area contributed by atoms with Gasteiger partial charge in [0.15, 0.2) is 0 Å². The Morgan fingerprint density at radius 3 is 1.81 bits per heavy atom. The Hall–Kier alpha value is -1.86. The number of halogens is 5. The summed E-state index contributed by atoms with van der Waals surface area (Å²) >= 11 is 0. The Morgan fingerprint density at radius 1 is 0.952 bits per heavy atom. The molecule has 21 heavy (non-hydrogen) atoms. The highest BCUT2D eigenvalue weighted by molar-refractivity contribution is 5.70. The second-order valence-electron chi connectivity index (χ2n) is 5.53. The second-order valence-corrected chi connectivity index (χ2v) is 5.53. The number of rotatable bonds is 3. The van der Waals surface area contributed by atoms with E-state index < -0.39 is 40.9 Å². The predicted molar refractivity (Wildman–Crippen MR) is 64.3 cm³/mol. The fraction of sp³-hybridized carbons (Fsp3) is 0.462. The minimum atomic E-state index is -2.31. The third-order valence-corrected chi connectivity index (χ3v) is 2.51. The Balaban J connectivity index is 2.82. The van der Waals surface area contributed by atoms with E-state index >= 15 is 0 Å². The van der Waals surface area contributed by atoms with Gasteiger partial charge in [-0.25, -0.2) is 18.0 Å². The fourth-order valence-electron chi connectivity index (χ4n) is 1.34. The van der Waals surface area contributed by atoms with Gasteiger partial charge in [-0.05, 0) is 11.8 Å². The first kappa shape index (κ1) is 17.2. The maximum atomic E-state index is 13.2. The van der Waals surface area contributed by atoms with Crippen LogP contribution in [0.3, 0.4) is 0 Å². The van der Waals surface area contributed by atoms with Crippen LogP contribution < -0.4 is 10.1 Å². The molecule has 0 spiro atoms. The summed E-state index contributed by atoms with van der Waals surface area (Å²) in [4.78, 5) is 11.3. The van der Waals surface area contributed by atoms with E-state index in [0.29, 0.717) is 6.42 Å². The van der Waals surface area contributed by atoms with Crippen LogP contribution in [0.2, 0.25) is 0 Å². The van der Waals surface area contributed by atoms with Crippen molar-refractivity contribution in [2.45, 2.75) is 27.2 Å².